The first-order valence-electron chi connectivity index (χ1n) is 5.69. The Balaban J connectivity index is 2.42. The summed E-state index contributed by atoms with van der Waals surface area (Å²) in [5.74, 6) is 0.653. The molecule has 90 valence electrons. The normalized spacial score (nSPS) is 12.4. The Labute approximate surface area is 96.3 Å². The number of anilines is 1. The maximum Gasteiger partial charge on any atom is 0.222 e. The van der Waals surface area contributed by atoms with Gasteiger partial charge in [0.2, 0.25) is 5.95 Å². The molecule has 1 aromatic heterocycles. The zero-order valence-electron chi connectivity index (χ0n) is 9.90. The van der Waals surface area contributed by atoms with E-state index >= 15 is 0 Å². The monoisotopic (exact) mass is 224 g/mol. The Hall–Kier alpha value is -1.20. The summed E-state index contributed by atoms with van der Waals surface area (Å²) in [6, 6.07) is 0.147. The minimum atomic E-state index is 0.147. The number of nitrogens with zero attached hydrogens (tertiary/aromatic N) is 2. The molecule has 0 saturated heterocycles. The second kappa shape index (κ2) is 7.14. The Morgan fingerprint density at radius 1 is 1.31 bits per heavy atom. The number of aliphatic hydroxyl groups is 1. The average Bonchev–Trinajstić information content (AvgIpc) is 2.33. The Morgan fingerprint density at radius 2 is 2.00 bits per heavy atom. The second-order valence-corrected chi connectivity index (χ2v) is 3.61. The van der Waals surface area contributed by atoms with Gasteiger partial charge in [0.05, 0.1) is 6.61 Å². The van der Waals surface area contributed by atoms with E-state index in [2.05, 4.69) is 20.6 Å². The van der Waals surface area contributed by atoms with Crippen LogP contribution in [0.5, 0.6) is 0 Å². The quantitative estimate of drug-likeness (QED) is 0.638. The minimum Gasteiger partial charge on any atom is -0.395 e. The Kier molecular flexibility index (Phi) is 5.74. The van der Waals surface area contributed by atoms with Crippen molar-refractivity contribution >= 4 is 5.95 Å². The van der Waals surface area contributed by atoms with Gasteiger partial charge in [0.15, 0.2) is 0 Å². The third kappa shape index (κ3) is 4.12. The molecule has 1 aromatic rings. The van der Waals surface area contributed by atoms with Gasteiger partial charge in [-0.25, -0.2) is 9.97 Å². The van der Waals surface area contributed by atoms with Crippen LogP contribution in [0.15, 0.2) is 12.4 Å². The van der Waals surface area contributed by atoms with E-state index in [-0.39, 0.29) is 12.6 Å². The van der Waals surface area contributed by atoms with Crippen molar-refractivity contribution in [3.05, 3.63) is 18.0 Å². The molecular formula is C11H20N4O. The van der Waals surface area contributed by atoms with Crippen molar-refractivity contribution in [3.63, 3.8) is 0 Å². The summed E-state index contributed by atoms with van der Waals surface area (Å²) in [6.45, 7) is 5.71. The van der Waals surface area contributed by atoms with Crippen LogP contribution in [0.1, 0.15) is 25.8 Å². The highest BCUT2D eigenvalue weighted by Gasteiger charge is 2.03. The van der Waals surface area contributed by atoms with Crippen LogP contribution >= 0.6 is 0 Å². The van der Waals surface area contributed by atoms with E-state index in [9.17, 15) is 0 Å². The summed E-state index contributed by atoms with van der Waals surface area (Å²) in [7, 11) is 0. The van der Waals surface area contributed by atoms with Crippen LogP contribution < -0.4 is 10.6 Å². The number of hydrogen-bond donors (Lipinski definition) is 3. The number of nitrogens with one attached hydrogen (secondary N) is 2. The lowest BCUT2D eigenvalue weighted by Crippen LogP contribution is -2.31. The number of aliphatic hydroxyl groups excluding tert-OH is 1. The van der Waals surface area contributed by atoms with Gasteiger partial charge in [0.25, 0.3) is 0 Å². The maximum absolute atomic E-state index is 9.01. The molecule has 0 aliphatic heterocycles. The first kappa shape index (κ1) is 12.9. The largest absolute Gasteiger partial charge is 0.395 e. The summed E-state index contributed by atoms with van der Waals surface area (Å²) in [4.78, 5) is 8.35. The molecule has 0 radical (unpaired) electrons. The molecule has 5 heteroatoms. The first-order chi connectivity index (χ1) is 7.80. The van der Waals surface area contributed by atoms with Crippen LogP contribution in [0.2, 0.25) is 0 Å². The van der Waals surface area contributed by atoms with Crippen LogP contribution in [0, 0.1) is 0 Å². The molecule has 0 fully saturated rings. The smallest absolute Gasteiger partial charge is 0.222 e. The van der Waals surface area contributed by atoms with Gasteiger partial charge in [-0.15, -0.1) is 0 Å². The van der Waals surface area contributed by atoms with E-state index in [1.165, 1.54) is 0 Å². The van der Waals surface area contributed by atoms with E-state index in [4.69, 9.17) is 5.11 Å². The van der Waals surface area contributed by atoms with Gasteiger partial charge in [-0.1, -0.05) is 6.92 Å². The van der Waals surface area contributed by atoms with Gasteiger partial charge < -0.3 is 15.7 Å². The van der Waals surface area contributed by atoms with Crippen LogP contribution in [0.25, 0.3) is 0 Å². The number of rotatable bonds is 7. The third-order valence-electron chi connectivity index (χ3n) is 2.35. The van der Waals surface area contributed by atoms with Crippen molar-refractivity contribution < 1.29 is 5.11 Å². The summed E-state index contributed by atoms with van der Waals surface area (Å²) >= 11 is 0. The fourth-order valence-electron chi connectivity index (χ4n) is 1.30. The lowest BCUT2D eigenvalue weighted by molar-refractivity contribution is 0.238. The maximum atomic E-state index is 9.01. The summed E-state index contributed by atoms with van der Waals surface area (Å²) in [6.07, 6.45) is 4.50. The van der Waals surface area contributed by atoms with Gasteiger partial charge in [0.1, 0.15) is 0 Å². The Morgan fingerprint density at radius 3 is 2.50 bits per heavy atom. The van der Waals surface area contributed by atoms with E-state index in [0.717, 1.165) is 18.5 Å². The molecule has 0 saturated carbocycles. The molecule has 1 rings (SSSR count). The molecule has 0 amide bonds. The van der Waals surface area contributed by atoms with Crippen molar-refractivity contribution in [2.75, 3.05) is 18.5 Å². The standard InChI is InChI=1S/C11H20N4O/c1-3-10(8-16)13-5-9-6-14-11(12-4-2)15-7-9/h6-7,10,13,16H,3-5,8H2,1-2H3,(H,12,14,15). The molecule has 1 unspecified atom stereocenters. The van der Waals surface area contributed by atoms with Crippen LogP contribution in [0.3, 0.4) is 0 Å². The highest BCUT2D eigenvalue weighted by molar-refractivity contribution is 5.24. The van der Waals surface area contributed by atoms with Gasteiger partial charge in [-0.05, 0) is 13.3 Å². The molecule has 0 aliphatic carbocycles. The Bertz CT molecular complexity index is 285. The topological polar surface area (TPSA) is 70.1 Å². The molecule has 0 aliphatic rings. The molecular weight excluding hydrogens is 204 g/mol. The predicted octanol–water partition coefficient (Wildman–Crippen LogP) is 0.769. The molecule has 16 heavy (non-hydrogen) atoms. The van der Waals surface area contributed by atoms with E-state index in [0.29, 0.717) is 12.5 Å². The molecule has 3 N–H and O–H groups in total. The minimum absolute atomic E-state index is 0.147. The van der Waals surface area contributed by atoms with Gasteiger partial charge >= 0.3 is 0 Å². The lowest BCUT2D eigenvalue weighted by atomic mass is 10.2. The van der Waals surface area contributed by atoms with Crippen LogP contribution in [0.4, 0.5) is 5.95 Å². The highest BCUT2D eigenvalue weighted by atomic mass is 16.3. The summed E-state index contributed by atoms with van der Waals surface area (Å²) in [5.41, 5.74) is 1.02. The predicted molar refractivity (Wildman–Crippen MR) is 64.2 cm³/mol. The first-order valence-corrected chi connectivity index (χ1v) is 5.69. The fourth-order valence-corrected chi connectivity index (χ4v) is 1.30. The van der Waals surface area contributed by atoms with Crippen molar-refractivity contribution in [1.29, 1.82) is 0 Å². The van der Waals surface area contributed by atoms with E-state index in [1.807, 2.05) is 13.8 Å². The van der Waals surface area contributed by atoms with Crippen LogP contribution in [-0.4, -0.2) is 34.3 Å². The fraction of sp³-hybridized carbons (Fsp3) is 0.636. The highest BCUT2D eigenvalue weighted by Crippen LogP contribution is 2.00. The lowest BCUT2D eigenvalue weighted by Gasteiger charge is -2.13. The van der Waals surface area contributed by atoms with Crippen molar-refractivity contribution in [2.24, 2.45) is 0 Å². The van der Waals surface area contributed by atoms with Gasteiger partial charge in [-0.2, -0.15) is 0 Å². The van der Waals surface area contributed by atoms with Gasteiger partial charge in [-0.3, -0.25) is 0 Å². The zero-order valence-corrected chi connectivity index (χ0v) is 9.90. The average molecular weight is 224 g/mol. The number of aromatic nitrogens is 2. The molecule has 0 bridgehead atoms. The van der Waals surface area contributed by atoms with E-state index in [1.54, 1.807) is 12.4 Å². The van der Waals surface area contributed by atoms with Gasteiger partial charge in [0, 0.05) is 37.1 Å². The molecule has 1 atom stereocenters. The SMILES string of the molecule is CCNc1ncc(CNC(CC)CO)cn1. The summed E-state index contributed by atoms with van der Waals surface area (Å²) in [5, 5.41) is 15.3. The third-order valence-corrected chi connectivity index (χ3v) is 2.35. The molecule has 0 aromatic carbocycles. The van der Waals surface area contributed by atoms with Crippen molar-refractivity contribution in [1.82, 2.24) is 15.3 Å². The van der Waals surface area contributed by atoms with E-state index < -0.39 is 0 Å². The molecule has 5 nitrogen and oxygen atoms in total. The molecule has 0 spiro atoms. The van der Waals surface area contributed by atoms with Crippen molar-refractivity contribution in [3.8, 4) is 0 Å². The number of hydrogen-bond acceptors (Lipinski definition) is 5. The van der Waals surface area contributed by atoms with Crippen molar-refractivity contribution in [2.45, 2.75) is 32.9 Å². The zero-order chi connectivity index (χ0) is 11.8. The molecule has 1 heterocycles. The van der Waals surface area contributed by atoms with Crippen LogP contribution in [-0.2, 0) is 6.54 Å². The summed E-state index contributed by atoms with van der Waals surface area (Å²) < 4.78 is 0. The second-order valence-electron chi connectivity index (χ2n) is 3.61.